The molecule has 0 radical (unpaired) electrons. The smallest absolute Gasteiger partial charge is 0.238 e. The van der Waals surface area contributed by atoms with Gasteiger partial charge in [0.05, 0.1) is 13.2 Å². The molecule has 1 aliphatic rings. The van der Waals surface area contributed by atoms with Crippen LogP contribution in [0.15, 0.2) is 24.3 Å². The maximum Gasteiger partial charge on any atom is 0.238 e. The second kappa shape index (κ2) is 7.75. The molecule has 2 rings (SSSR count). The number of carbonyl (C=O) groups is 2. The highest BCUT2D eigenvalue weighted by molar-refractivity contribution is 5.96. The van der Waals surface area contributed by atoms with Crippen molar-refractivity contribution >= 4 is 23.2 Å². The Morgan fingerprint density at radius 1 is 1.24 bits per heavy atom. The fourth-order valence-corrected chi connectivity index (χ4v) is 1.85. The Morgan fingerprint density at radius 3 is 2.62 bits per heavy atom. The number of nitrogens with one attached hydrogen (secondary N) is 3. The summed E-state index contributed by atoms with van der Waals surface area (Å²) >= 11 is 0. The Labute approximate surface area is 124 Å². The standard InChI is InChI=1S/C15H21N3O3/c1-21-8-7-16-10-14(19)17-12-3-2-4-13(9-12)18-15(20)11-5-6-11/h2-4,9,11,16H,5-8,10H2,1H3,(H,17,19)(H,18,20). The van der Waals surface area contributed by atoms with Crippen LogP contribution in [0.5, 0.6) is 0 Å². The summed E-state index contributed by atoms with van der Waals surface area (Å²) in [5, 5.41) is 8.61. The van der Waals surface area contributed by atoms with Crippen LogP contribution in [-0.2, 0) is 14.3 Å². The first kappa shape index (κ1) is 15.5. The third-order valence-electron chi connectivity index (χ3n) is 3.13. The molecule has 0 heterocycles. The molecule has 0 aliphatic heterocycles. The highest BCUT2D eigenvalue weighted by Crippen LogP contribution is 2.30. The van der Waals surface area contributed by atoms with E-state index in [0.717, 1.165) is 12.8 Å². The molecule has 1 fully saturated rings. The van der Waals surface area contributed by atoms with Gasteiger partial charge in [0.2, 0.25) is 11.8 Å². The Bertz CT molecular complexity index is 501. The van der Waals surface area contributed by atoms with Gasteiger partial charge in [-0.05, 0) is 31.0 Å². The molecule has 1 aliphatic carbocycles. The molecule has 21 heavy (non-hydrogen) atoms. The summed E-state index contributed by atoms with van der Waals surface area (Å²) in [6, 6.07) is 7.16. The minimum absolute atomic E-state index is 0.0553. The van der Waals surface area contributed by atoms with Gasteiger partial charge >= 0.3 is 0 Å². The quantitative estimate of drug-likeness (QED) is 0.629. The lowest BCUT2D eigenvalue weighted by Crippen LogP contribution is -2.30. The minimum atomic E-state index is -0.128. The molecule has 1 aromatic rings. The fraction of sp³-hybridized carbons (Fsp3) is 0.467. The van der Waals surface area contributed by atoms with Crippen LogP contribution < -0.4 is 16.0 Å². The van der Waals surface area contributed by atoms with Crippen molar-refractivity contribution in [3.8, 4) is 0 Å². The normalized spacial score (nSPS) is 13.8. The van der Waals surface area contributed by atoms with Crippen LogP contribution in [0.1, 0.15) is 12.8 Å². The molecule has 1 aromatic carbocycles. The first-order valence-corrected chi connectivity index (χ1v) is 7.09. The van der Waals surface area contributed by atoms with Gasteiger partial charge in [-0.25, -0.2) is 0 Å². The van der Waals surface area contributed by atoms with Crippen molar-refractivity contribution in [2.45, 2.75) is 12.8 Å². The average molecular weight is 291 g/mol. The van der Waals surface area contributed by atoms with Crippen molar-refractivity contribution in [3.63, 3.8) is 0 Å². The van der Waals surface area contributed by atoms with E-state index in [1.807, 2.05) is 6.07 Å². The zero-order chi connectivity index (χ0) is 15.1. The van der Waals surface area contributed by atoms with Crippen molar-refractivity contribution in [3.05, 3.63) is 24.3 Å². The van der Waals surface area contributed by atoms with E-state index >= 15 is 0 Å². The van der Waals surface area contributed by atoms with Crippen molar-refractivity contribution in [2.75, 3.05) is 37.4 Å². The van der Waals surface area contributed by atoms with E-state index in [2.05, 4.69) is 16.0 Å². The largest absolute Gasteiger partial charge is 0.383 e. The van der Waals surface area contributed by atoms with Crippen LogP contribution >= 0.6 is 0 Å². The van der Waals surface area contributed by atoms with Gasteiger partial charge in [0, 0.05) is 30.9 Å². The molecule has 3 N–H and O–H groups in total. The third kappa shape index (κ3) is 5.53. The monoisotopic (exact) mass is 291 g/mol. The summed E-state index contributed by atoms with van der Waals surface area (Å²) in [7, 11) is 1.61. The van der Waals surface area contributed by atoms with Crippen molar-refractivity contribution in [1.82, 2.24) is 5.32 Å². The highest BCUT2D eigenvalue weighted by Gasteiger charge is 2.29. The molecule has 6 heteroatoms. The maximum atomic E-state index is 11.7. The molecule has 6 nitrogen and oxygen atoms in total. The Balaban J connectivity index is 1.79. The number of rotatable bonds is 8. The minimum Gasteiger partial charge on any atom is -0.383 e. The Kier molecular flexibility index (Phi) is 5.71. The van der Waals surface area contributed by atoms with Gasteiger partial charge in [-0.1, -0.05) is 6.07 Å². The summed E-state index contributed by atoms with van der Waals surface area (Å²) in [4.78, 5) is 23.4. The number of hydrogen-bond donors (Lipinski definition) is 3. The average Bonchev–Trinajstić information content (AvgIpc) is 3.28. The van der Waals surface area contributed by atoms with Crippen LogP contribution in [-0.4, -0.2) is 38.6 Å². The van der Waals surface area contributed by atoms with Gasteiger partial charge in [0.15, 0.2) is 0 Å². The summed E-state index contributed by atoms with van der Waals surface area (Å²) in [5.41, 5.74) is 1.37. The molecule has 0 aromatic heterocycles. The van der Waals surface area contributed by atoms with E-state index in [-0.39, 0.29) is 24.3 Å². The Morgan fingerprint density at radius 2 is 1.95 bits per heavy atom. The number of amides is 2. The van der Waals surface area contributed by atoms with E-state index in [4.69, 9.17) is 4.74 Å². The molecular formula is C15H21N3O3. The van der Waals surface area contributed by atoms with Gasteiger partial charge in [-0.2, -0.15) is 0 Å². The second-order valence-electron chi connectivity index (χ2n) is 5.06. The topological polar surface area (TPSA) is 79.5 Å². The first-order chi connectivity index (χ1) is 10.2. The lowest BCUT2D eigenvalue weighted by molar-refractivity contribution is -0.117. The molecule has 0 spiro atoms. The van der Waals surface area contributed by atoms with E-state index in [1.165, 1.54) is 0 Å². The SMILES string of the molecule is COCCNCC(=O)Nc1cccc(NC(=O)C2CC2)c1. The van der Waals surface area contributed by atoms with Gasteiger partial charge in [-0.15, -0.1) is 0 Å². The van der Waals surface area contributed by atoms with Crippen molar-refractivity contribution in [2.24, 2.45) is 5.92 Å². The number of benzene rings is 1. The summed E-state index contributed by atoms with van der Waals surface area (Å²) in [6.07, 6.45) is 1.94. The lowest BCUT2D eigenvalue weighted by atomic mass is 10.2. The van der Waals surface area contributed by atoms with Gasteiger partial charge in [0.1, 0.15) is 0 Å². The van der Waals surface area contributed by atoms with E-state index in [9.17, 15) is 9.59 Å². The van der Waals surface area contributed by atoms with E-state index < -0.39 is 0 Å². The molecule has 0 atom stereocenters. The number of anilines is 2. The van der Waals surface area contributed by atoms with Crippen LogP contribution in [0.25, 0.3) is 0 Å². The third-order valence-corrected chi connectivity index (χ3v) is 3.13. The van der Waals surface area contributed by atoms with E-state index in [1.54, 1.807) is 25.3 Å². The fourth-order valence-electron chi connectivity index (χ4n) is 1.85. The summed E-state index contributed by atoms with van der Waals surface area (Å²) in [6.45, 7) is 1.42. The van der Waals surface area contributed by atoms with Crippen LogP contribution in [0.2, 0.25) is 0 Å². The van der Waals surface area contributed by atoms with Crippen LogP contribution in [0.3, 0.4) is 0 Å². The van der Waals surface area contributed by atoms with Gasteiger partial charge in [-0.3, -0.25) is 9.59 Å². The summed E-state index contributed by atoms with van der Waals surface area (Å²) < 4.78 is 4.88. The van der Waals surface area contributed by atoms with Gasteiger partial charge in [0.25, 0.3) is 0 Å². The summed E-state index contributed by atoms with van der Waals surface area (Å²) in [5.74, 6) is 0.0877. The molecule has 0 saturated heterocycles. The number of methoxy groups -OCH3 is 1. The van der Waals surface area contributed by atoms with Crippen LogP contribution in [0.4, 0.5) is 11.4 Å². The molecule has 0 unspecified atom stereocenters. The second-order valence-corrected chi connectivity index (χ2v) is 5.06. The van der Waals surface area contributed by atoms with Crippen molar-refractivity contribution < 1.29 is 14.3 Å². The van der Waals surface area contributed by atoms with Crippen molar-refractivity contribution in [1.29, 1.82) is 0 Å². The molecule has 114 valence electrons. The molecule has 0 bridgehead atoms. The van der Waals surface area contributed by atoms with E-state index in [0.29, 0.717) is 24.5 Å². The molecule has 2 amide bonds. The predicted molar refractivity (Wildman–Crippen MR) is 81.2 cm³/mol. The number of carbonyl (C=O) groups excluding carboxylic acids is 2. The molecular weight excluding hydrogens is 270 g/mol. The Hall–Kier alpha value is -1.92. The van der Waals surface area contributed by atoms with Gasteiger partial charge < -0.3 is 20.7 Å². The predicted octanol–water partition coefficient (Wildman–Crippen LogP) is 1.21. The molecule has 1 saturated carbocycles. The first-order valence-electron chi connectivity index (χ1n) is 7.09. The zero-order valence-corrected chi connectivity index (χ0v) is 12.1. The maximum absolute atomic E-state index is 11.7. The number of ether oxygens (including phenoxy) is 1. The number of hydrogen-bond acceptors (Lipinski definition) is 4. The van der Waals surface area contributed by atoms with Crippen LogP contribution in [0, 0.1) is 5.92 Å². The lowest BCUT2D eigenvalue weighted by Gasteiger charge is -2.09. The highest BCUT2D eigenvalue weighted by atomic mass is 16.5. The zero-order valence-electron chi connectivity index (χ0n) is 12.1.